The normalized spacial score (nSPS) is 27.0. The lowest BCUT2D eigenvalue weighted by atomic mass is 9.95. The minimum absolute atomic E-state index is 0.719. The van der Waals surface area contributed by atoms with E-state index in [0.29, 0.717) is 0 Å². The van der Waals surface area contributed by atoms with Gasteiger partial charge in [0.25, 0.3) is 0 Å². The van der Waals surface area contributed by atoms with Gasteiger partial charge >= 0.3 is 0 Å². The Morgan fingerprint density at radius 3 is 2.41 bits per heavy atom. The predicted molar refractivity (Wildman–Crippen MR) is 76.3 cm³/mol. The van der Waals surface area contributed by atoms with E-state index in [0.717, 1.165) is 23.8 Å². The quantitative estimate of drug-likeness (QED) is 0.768. The molecule has 0 bridgehead atoms. The monoisotopic (exact) mass is 240 g/mol. The van der Waals surface area contributed by atoms with Gasteiger partial charge in [0.2, 0.25) is 0 Å². The van der Waals surface area contributed by atoms with Crippen LogP contribution in [0.3, 0.4) is 0 Å². The summed E-state index contributed by atoms with van der Waals surface area (Å²) in [6.07, 6.45) is 2.65. The first-order chi connectivity index (χ1) is 7.97. The summed E-state index contributed by atoms with van der Waals surface area (Å²) < 4.78 is 0. The van der Waals surface area contributed by atoms with Gasteiger partial charge in [-0.3, -0.25) is 0 Å². The lowest BCUT2D eigenvalue weighted by molar-refractivity contribution is 0.135. The Bertz CT molecular complexity index is 199. The molecular weight excluding hydrogens is 208 g/mol. The highest BCUT2D eigenvalue weighted by molar-refractivity contribution is 4.82. The number of rotatable bonds is 6. The maximum absolute atomic E-state index is 3.74. The second kappa shape index (κ2) is 7.38. The van der Waals surface area contributed by atoms with Crippen LogP contribution in [0.1, 0.15) is 47.5 Å². The molecule has 2 unspecified atom stereocenters. The van der Waals surface area contributed by atoms with Gasteiger partial charge in [-0.25, -0.2) is 0 Å². The molecule has 0 aromatic rings. The van der Waals surface area contributed by atoms with Gasteiger partial charge in [-0.1, -0.05) is 34.6 Å². The topological polar surface area (TPSA) is 15.3 Å². The zero-order chi connectivity index (χ0) is 12.8. The van der Waals surface area contributed by atoms with Crippen LogP contribution in [0.15, 0.2) is 0 Å². The van der Waals surface area contributed by atoms with Crippen molar-refractivity contribution >= 4 is 0 Å². The van der Waals surface area contributed by atoms with E-state index in [9.17, 15) is 0 Å². The summed E-state index contributed by atoms with van der Waals surface area (Å²) in [5.41, 5.74) is 0. The van der Waals surface area contributed by atoms with Crippen molar-refractivity contribution in [2.45, 2.75) is 53.5 Å². The molecule has 2 heteroatoms. The molecule has 1 heterocycles. The second-order valence-corrected chi connectivity index (χ2v) is 6.79. The van der Waals surface area contributed by atoms with Crippen molar-refractivity contribution in [3.05, 3.63) is 0 Å². The summed E-state index contributed by atoms with van der Waals surface area (Å²) in [6, 6.07) is 0.719. The van der Waals surface area contributed by atoms with Crippen molar-refractivity contribution < 1.29 is 0 Å². The molecule has 0 amide bonds. The molecule has 1 aliphatic rings. The van der Waals surface area contributed by atoms with E-state index in [1.165, 1.54) is 39.0 Å². The van der Waals surface area contributed by atoms with E-state index < -0.39 is 0 Å². The third kappa shape index (κ3) is 6.42. The average molecular weight is 240 g/mol. The number of hydrogen-bond donors (Lipinski definition) is 1. The van der Waals surface area contributed by atoms with Crippen LogP contribution in [-0.4, -0.2) is 37.1 Å². The molecule has 0 radical (unpaired) electrons. The number of hydrogen-bond acceptors (Lipinski definition) is 2. The van der Waals surface area contributed by atoms with E-state index in [-0.39, 0.29) is 0 Å². The van der Waals surface area contributed by atoms with Gasteiger partial charge in [0.1, 0.15) is 0 Å². The molecule has 0 aromatic heterocycles. The van der Waals surface area contributed by atoms with Crippen molar-refractivity contribution in [1.29, 1.82) is 0 Å². The zero-order valence-electron chi connectivity index (χ0n) is 12.5. The summed E-state index contributed by atoms with van der Waals surface area (Å²) in [5.74, 6) is 2.45. The first-order valence-corrected chi connectivity index (χ1v) is 7.43. The van der Waals surface area contributed by atoms with Crippen LogP contribution in [0.4, 0.5) is 0 Å². The van der Waals surface area contributed by atoms with Gasteiger partial charge in [-0.05, 0) is 37.1 Å². The maximum Gasteiger partial charge on any atom is 0.0198 e. The Kier molecular flexibility index (Phi) is 6.50. The lowest BCUT2D eigenvalue weighted by Gasteiger charge is -2.38. The van der Waals surface area contributed by atoms with Crippen LogP contribution in [0.2, 0.25) is 0 Å². The number of nitrogens with one attached hydrogen (secondary N) is 1. The molecule has 2 atom stereocenters. The van der Waals surface area contributed by atoms with Gasteiger partial charge in [-0.15, -0.1) is 0 Å². The molecule has 102 valence electrons. The Labute approximate surface area is 108 Å². The molecule has 17 heavy (non-hydrogen) atoms. The third-order valence-corrected chi connectivity index (χ3v) is 3.51. The summed E-state index contributed by atoms with van der Waals surface area (Å²) in [5, 5.41) is 3.74. The molecule has 0 aliphatic carbocycles. The standard InChI is InChI=1S/C15H32N2/c1-12(2)6-7-16-15-8-14(5)10-17(11-15)9-13(3)4/h12-16H,6-11H2,1-5H3. The lowest BCUT2D eigenvalue weighted by Crippen LogP contribution is -2.49. The zero-order valence-corrected chi connectivity index (χ0v) is 12.5. The van der Waals surface area contributed by atoms with Gasteiger partial charge in [0.05, 0.1) is 0 Å². The largest absolute Gasteiger partial charge is 0.313 e. The third-order valence-electron chi connectivity index (χ3n) is 3.51. The van der Waals surface area contributed by atoms with Crippen LogP contribution in [0.5, 0.6) is 0 Å². The minimum Gasteiger partial charge on any atom is -0.313 e. The molecule has 0 saturated carbocycles. The second-order valence-electron chi connectivity index (χ2n) is 6.79. The smallest absolute Gasteiger partial charge is 0.0198 e. The fourth-order valence-electron chi connectivity index (χ4n) is 2.85. The Hall–Kier alpha value is -0.0800. The van der Waals surface area contributed by atoms with Crippen molar-refractivity contribution in [3.8, 4) is 0 Å². The summed E-state index contributed by atoms with van der Waals surface area (Å²) in [6.45, 7) is 16.6. The van der Waals surface area contributed by atoms with Crippen LogP contribution in [-0.2, 0) is 0 Å². The number of nitrogens with zero attached hydrogens (tertiary/aromatic N) is 1. The minimum atomic E-state index is 0.719. The van der Waals surface area contributed by atoms with Gasteiger partial charge in [-0.2, -0.15) is 0 Å². The predicted octanol–water partition coefficient (Wildman–Crippen LogP) is 2.99. The van der Waals surface area contributed by atoms with Crippen LogP contribution in [0, 0.1) is 17.8 Å². The highest BCUT2D eigenvalue weighted by atomic mass is 15.2. The first kappa shape index (κ1) is 15.0. The Morgan fingerprint density at radius 2 is 1.82 bits per heavy atom. The van der Waals surface area contributed by atoms with Gasteiger partial charge in [0.15, 0.2) is 0 Å². The Balaban J connectivity index is 2.29. The highest BCUT2D eigenvalue weighted by Gasteiger charge is 2.24. The number of likely N-dealkylation sites (tertiary alicyclic amines) is 1. The Morgan fingerprint density at radius 1 is 1.12 bits per heavy atom. The molecule has 1 saturated heterocycles. The molecular formula is C15H32N2. The van der Waals surface area contributed by atoms with Crippen LogP contribution >= 0.6 is 0 Å². The van der Waals surface area contributed by atoms with Gasteiger partial charge < -0.3 is 10.2 Å². The van der Waals surface area contributed by atoms with E-state index in [4.69, 9.17) is 0 Å². The molecule has 1 fully saturated rings. The molecule has 2 nitrogen and oxygen atoms in total. The average Bonchev–Trinajstić information content (AvgIpc) is 2.14. The summed E-state index contributed by atoms with van der Waals surface area (Å²) in [7, 11) is 0. The SMILES string of the molecule is CC(C)CCNC1CC(C)CN(CC(C)C)C1. The fraction of sp³-hybridized carbons (Fsp3) is 1.00. The fourth-order valence-corrected chi connectivity index (χ4v) is 2.85. The van der Waals surface area contributed by atoms with Crippen molar-refractivity contribution in [2.24, 2.45) is 17.8 Å². The molecule has 1 rings (SSSR count). The molecule has 0 aromatic carbocycles. The maximum atomic E-state index is 3.74. The van der Waals surface area contributed by atoms with E-state index in [1.54, 1.807) is 0 Å². The van der Waals surface area contributed by atoms with Crippen molar-refractivity contribution in [2.75, 3.05) is 26.2 Å². The van der Waals surface area contributed by atoms with E-state index in [1.807, 2.05) is 0 Å². The number of piperidine rings is 1. The highest BCUT2D eigenvalue weighted by Crippen LogP contribution is 2.17. The van der Waals surface area contributed by atoms with E-state index >= 15 is 0 Å². The van der Waals surface area contributed by atoms with Crippen molar-refractivity contribution in [1.82, 2.24) is 10.2 Å². The van der Waals surface area contributed by atoms with Gasteiger partial charge in [0, 0.05) is 25.7 Å². The molecule has 1 aliphatic heterocycles. The molecule has 0 spiro atoms. The summed E-state index contributed by atoms with van der Waals surface area (Å²) in [4.78, 5) is 2.64. The van der Waals surface area contributed by atoms with Crippen LogP contribution < -0.4 is 5.32 Å². The van der Waals surface area contributed by atoms with E-state index in [2.05, 4.69) is 44.8 Å². The summed E-state index contributed by atoms with van der Waals surface area (Å²) >= 11 is 0. The molecule has 1 N–H and O–H groups in total. The first-order valence-electron chi connectivity index (χ1n) is 7.43. The van der Waals surface area contributed by atoms with Crippen LogP contribution in [0.25, 0.3) is 0 Å². The van der Waals surface area contributed by atoms with Crippen molar-refractivity contribution in [3.63, 3.8) is 0 Å².